The Kier molecular flexibility index (Phi) is 4.31. The molecule has 0 saturated carbocycles. The number of hydrogen-bond acceptors (Lipinski definition) is 3. The predicted molar refractivity (Wildman–Crippen MR) is 51.6 cm³/mol. The molecule has 0 amide bonds. The lowest BCUT2D eigenvalue weighted by atomic mass is 10.3. The molecule has 0 aliphatic rings. The normalized spacial score (nSPS) is 12.4. The monoisotopic (exact) mass is 237 g/mol. The zero-order valence-electron chi connectivity index (χ0n) is 8.91. The van der Waals surface area contributed by atoms with Gasteiger partial charge in [0.05, 0.1) is 25.2 Å². The van der Waals surface area contributed by atoms with Gasteiger partial charge in [-0.15, -0.1) is 0 Å². The molecule has 0 spiro atoms. The Morgan fingerprint density at radius 1 is 1.50 bits per heavy atom. The highest BCUT2D eigenvalue weighted by atomic mass is 19.4. The Morgan fingerprint density at radius 3 is 2.62 bits per heavy atom. The van der Waals surface area contributed by atoms with E-state index in [4.69, 9.17) is 5.11 Å². The van der Waals surface area contributed by atoms with Crippen molar-refractivity contribution in [3.8, 4) is 0 Å². The van der Waals surface area contributed by atoms with Gasteiger partial charge in [0, 0.05) is 26.3 Å². The van der Waals surface area contributed by atoms with E-state index in [0.29, 0.717) is 5.69 Å². The molecule has 0 aliphatic heterocycles. The molecule has 0 aliphatic carbocycles. The van der Waals surface area contributed by atoms with E-state index in [1.165, 1.54) is 12.5 Å². The second-order valence-corrected chi connectivity index (χ2v) is 3.55. The summed E-state index contributed by atoms with van der Waals surface area (Å²) < 4.78 is 38.3. The molecule has 0 aromatic carbocycles. The molecule has 7 heteroatoms. The van der Waals surface area contributed by atoms with Crippen molar-refractivity contribution in [2.45, 2.75) is 12.7 Å². The number of hydrogen-bond donors (Lipinski definition) is 1. The number of halogens is 3. The van der Waals surface area contributed by atoms with E-state index in [1.807, 2.05) is 0 Å². The van der Waals surface area contributed by atoms with Gasteiger partial charge in [-0.2, -0.15) is 13.2 Å². The maximum Gasteiger partial charge on any atom is 0.401 e. The number of aryl methyl sites for hydroxylation is 1. The molecule has 0 atom stereocenters. The maximum atomic E-state index is 12.2. The predicted octanol–water partition coefficient (Wildman–Crippen LogP) is 0.777. The van der Waals surface area contributed by atoms with Crippen LogP contribution in [0.5, 0.6) is 0 Å². The average molecular weight is 237 g/mol. The highest BCUT2D eigenvalue weighted by Gasteiger charge is 2.30. The van der Waals surface area contributed by atoms with Crippen LogP contribution in [0.2, 0.25) is 0 Å². The molecular weight excluding hydrogens is 223 g/mol. The first-order chi connectivity index (χ1) is 7.42. The van der Waals surface area contributed by atoms with Gasteiger partial charge in [0.25, 0.3) is 0 Å². The number of nitrogens with zero attached hydrogens (tertiary/aromatic N) is 3. The van der Waals surface area contributed by atoms with Crippen LogP contribution >= 0.6 is 0 Å². The Balaban J connectivity index is 2.61. The SMILES string of the molecule is Cn1cncc1CN(CCO)CC(F)(F)F. The third-order valence-corrected chi connectivity index (χ3v) is 2.12. The fourth-order valence-electron chi connectivity index (χ4n) is 1.38. The topological polar surface area (TPSA) is 41.3 Å². The van der Waals surface area contributed by atoms with E-state index in [2.05, 4.69) is 4.98 Å². The number of imidazole rings is 1. The van der Waals surface area contributed by atoms with E-state index in [1.54, 1.807) is 11.6 Å². The van der Waals surface area contributed by atoms with Crippen LogP contribution in [0.3, 0.4) is 0 Å². The van der Waals surface area contributed by atoms with Gasteiger partial charge >= 0.3 is 6.18 Å². The van der Waals surface area contributed by atoms with Crippen molar-refractivity contribution in [2.24, 2.45) is 7.05 Å². The lowest BCUT2D eigenvalue weighted by molar-refractivity contribution is -0.148. The van der Waals surface area contributed by atoms with E-state index in [0.717, 1.165) is 4.90 Å². The smallest absolute Gasteiger partial charge is 0.395 e. The molecule has 92 valence electrons. The van der Waals surface area contributed by atoms with Crippen LogP contribution in [0, 0.1) is 0 Å². The van der Waals surface area contributed by atoms with Gasteiger partial charge in [-0.3, -0.25) is 4.90 Å². The number of aromatic nitrogens is 2. The molecule has 0 radical (unpaired) electrons. The first kappa shape index (κ1) is 13.0. The molecular formula is C9H14F3N3O. The molecule has 0 saturated heterocycles. The maximum absolute atomic E-state index is 12.2. The lowest BCUT2D eigenvalue weighted by Gasteiger charge is -2.22. The summed E-state index contributed by atoms with van der Waals surface area (Å²) in [6, 6.07) is 0. The van der Waals surface area contributed by atoms with Crippen molar-refractivity contribution in [3.63, 3.8) is 0 Å². The molecule has 1 aromatic heterocycles. The van der Waals surface area contributed by atoms with Gasteiger partial charge < -0.3 is 9.67 Å². The number of aliphatic hydroxyl groups is 1. The minimum absolute atomic E-state index is 0.00924. The standard InChI is InChI=1S/C9H14F3N3O/c1-14-7-13-4-8(14)5-15(2-3-16)6-9(10,11)12/h4,7,16H,2-3,5-6H2,1H3. The Hall–Kier alpha value is -1.08. The third-order valence-electron chi connectivity index (χ3n) is 2.12. The molecule has 1 rings (SSSR count). The van der Waals surface area contributed by atoms with E-state index < -0.39 is 12.7 Å². The average Bonchev–Trinajstić information content (AvgIpc) is 2.49. The molecule has 0 fully saturated rings. The van der Waals surface area contributed by atoms with Gasteiger partial charge in [-0.05, 0) is 0 Å². The summed E-state index contributed by atoms with van der Waals surface area (Å²) >= 11 is 0. The fourth-order valence-corrected chi connectivity index (χ4v) is 1.38. The van der Waals surface area contributed by atoms with Crippen molar-refractivity contribution in [1.82, 2.24) is 14.5 Å². The lowest BCUT2D eigenvalue weighted by Crippen LogP contribution is -2.36. The number of alkyl halides is 3. The van der Waals surface area contributed by atoms with Crippen molar-refractivity contribution in [2.75, 3.05) is 19.7 Å². The first-order valence-electron chi connectivity index (χ1n) is 4.77. The summed E-state index contributed by atoms with van der Waals surface area (Å²) in [6.45, 7) is -1.21. The van der Waals surface area contributed by atoms with Crippen LogP contribution in [0.15, 0.2) is 12.5 Å². The Bertz CT molecular complexity index is 324. The van der Waals surface area contributed by atoms with E-state index in [-0.39, 0.29) is 19.7 Å². The number of aliphatic hydroxyl groups excluding tert-OH is 1. The Morgan fingerprint density at radius 2 is 2.19 bits per heavy atom. The first-order valence-corrected chi connectivity index (χ1v) is 4.77. The van der Waals surface area contributed by atoms with Gasteiger partial charge in [0.15, 0.2) is 0 Å². The van der Waals surface area contributed by atoms with Crippen LogP contribution < -0.4 is 0 Å². The van der Waals surface area contributed by atoms with Crippen molar-refractivity contribution in [1.29, 1.82) is 0 Å². The van der Waals surface area contributed by atoms with Crippen LogP contribution in [0.1, 0.15) is 5.69 Å². The molecule has 16 heavy (non-hydrogen) atoms. The Labute approximate surface area is 91.3 Å². The quantitative estimate of drug-likeness (QED) is 0.822. The highest BCUT2D eigenvalue weighted by molar-refractivity contribution is 4.97. The summed E-state index contributed by atoms with van der Waals surface area (Å²) in [6.07, 6.45) is -1.21. The molecule has 1 N–H and O–H groups in total. The molecule has 1 aromatic rings. The zero-order chi connectivity index (χ0) is 12.2. The summed E-state index contributed by atoms with van der Waals surface area (Å²) in [4.78, 5) is 4.96. The van der Waals surface area contributed by atoms with Crippen molar-refractivity contribution < 1.29 is 18.3 Å². The largest absolute Gasteiger partial charge is 0.401 e. The molecule has 1 heterocycles. The molecule has 4 nitrogen and oxygen atoms in total. The van der Waals surface area contributed by atoms with Crippen LogP contribution in [0.25, 0.3) is 0 Å². The second-order valence-electron chi connectivity index (χ2n) is 3.55. The van der Waals surface area contributed by atoms with Gasteiger partial charge in [0.2, 0.25) is 0 Å². The van der Waals surface area contributed by atoms with Crippen molar-refractivity contribution >= 4 is 0 Å². The van der Waals surface area contributed by atoms with Crippen LogP contribution in [0.4, 0.5) is 13.2 Å². The third kappa shape index (κ3) is 4.19. The fraction of sp³-hybridized carbons (Fsp3) is 0.667. The van der Waals surface area contributed by atoms with Crippen LogP contribution in [-0.2, 0) is 13.6 Å². The van der Waals surface area contributed by atoms with E-state index >= 15 is 0 Å². The second kappa shape index (κ2) is 5.31. The van der Waals surface area contributed by atoms with Gasteiger partial charge in [-0.1, -0.05) is 0 Å². The van der Waals surface area contributed by atoms with E-state index in [9.17, 15) is 13.2 Å². The minimum Gasteiger partial charge on any atom is -0.395 e. The molecule has 0 bridgehead atoms. The zero-order valence-corrected chi connectivity index (χ0v) is 8.91. The summed E-state index contributed by atoms with van der Waals surface area (Å²) in [7, 11) is 1.72. The summed E-state index contributed by atoms with van der Waals surface area (Å²) in [5.41, 5.74) is 0.678. The highest BCUT2D eigenvalue weighted by Crippen LogP contribution is 2.17. The number of rotatable bonds is 5. The summed E-state index contributed by atoms with van der Waals surface area (Å²) in [5, 5.41) is 8.70. The van der Waals surface area contributed by atoms with Crippen molar-refractivity contribution in [3.05, 3.63) is 18.2 Å². The minimum atomic E-state index is -4.26. The molecule has 0 unspecified atom stereocenters. The summed E-state index contributed by atoms with van der Waals surface area (Å²) in [5.74, 6) is 0. The van der Waals surface area contributed by atoms with Gasteiger partial charge in [-0.25, -0.2) is 4.98 Å². The van der Waals surface area contributed by atoms with Crippen LogP contribution in [-0.4, -0.2) is 45.4 Å². The van der Waals surface area contributed by atoms with Gasteiger partial charge in [0.1, 0.15) is 0 Å².